The van der Waals surface area contributed by atoms with Gasteiger partial charge >= 0.3 is 17.9 Å². The highest BCUT2D eigenvalue weighted by atomic mass is 16.6. The first kappa shape index (κ1) is 67.0. The molecule has 0 amide bonds. The summed E-state index contributed by atoms with van der Waals surface area (Å²) in [5.41, 5.74) is 0. The Labute approximate surface area is 441 Å². The molecular formula is C66H102O6. The van der Waals surface area contributed by atoms with Crippen molar-refractivity contribution >= 4 is 17.9 Å². The quantitative estimate of drug-likeness (QED) is 0.0262. The molecule has 0 aliphatic rings. The molecule has 6 nitrogen and oxygen atoms in total. The zero-order valence-corrected chi connectivity index (χ0v) is 45.9. The third-order valence-corrected chi connectivity index (χ3v) is 11.3. The third kappa shape index (κ3) is 56.0. The van der Waals surface area contributed by atoms with Crippen LogP contribution in [-0.2, 0) is 28.6 Å². The van der Waals surface area contributed by atoms with Gasteiger partial charge in [-0.3, -0.25) is 14.4 Å². The molecule has 0 spiro atoms. The van der Waals surface area contributed by atoms with Gasteiger partial charge in [0.05, 0.1) is 0 Å². The molecule has 0 N–H and O–H groups in total. The van der Waals surface area contributed by atoms with Crippen LogP contribution in [0.1, 0.15) is 220 Å². The maximum atomic E-state index is 12.8. The fraction of sp³-hybridized carbons (Fsp3) is 0.561. The minimum absolute atomic E-state index is 0.134. The van der Waals surface area contributed by atoms with Gasteiger partial charge in [0.2, 0.25) is 0 Å². The van der Waals surface area contributed by atoms with Crippen molar-refractivity contribution in [3.63, 3.8) is 0 Å². The zero-order valence-electron chi connectivity index (χ0n) is 45.9. The summed E-state index contributed by atoms with van der Waals surface area (Å²) in [5.74, 6) is -1.08. The number of carbonyl (C=O) groups excluding carboxylic acids is 3. The molecule has 0 heterocycles. The van der Waals surface area contributed by atoms with E-state index in [9.17, 15) is 14.4 Å². The normalized spacial score (nSPS) is 13.3. The van der Waals surface area contributed by atoms with Gasteiger partial charge in [-0.2, -0.15) is 0 Å². The molecule has 0 saturated carbocycles. The van der Waals surface area contributed by atoms with Crippen LogP contribution in [0.25, 0.3) is 0 Å². The van der Waals surface area contributed by atoms with Gasteiger partial charge in [0.15, 0.2) is 6.10 Å². The Morgan fingerprint density at radius 2 is 0.569 bits per heavy atom. The van der Waals surface area contributed by atoms with Crippen LogP contribution < -0.4 is 0 Å². The van der Waals surface area contributed by atoms with Crippen LogP contribution in [0.4, 0.5) is 0 Å². The largest absolute Gasteiger partial charge is 0.462 e. The van der Waals surface area contributed by atoms with E-state index < -0.39 is 12.1 Å². The highest BCUT2D eigenvalue weighted by molar-refractivity contribution is 5.71. The average molecular weight is 992 g/mol. The van der Waals surface area contributed by atoms with Crippen molar-refractivity contribution in [1.29, 1.82) is 0 Å². The molecule has 72 heavy (non-hydrogen) atoms. The number of carbonyl (C=O) groups is 3. The van der Waals surface area contributed by atoms with Gasteiger partial charge in [-0.1, -0.05) is 224 Å². The molecule has 0 aromatic heterocycles. The average Bonchev–Trinajstić information content (AvgIpc) is 3.38. The molecule has 0 aliphatic carbocycles. The van der Waals surface area contributed by atoms with E-state index in [-0.39, 0.29) is 38.0 Å². The first-order chi connectivity index (χ1) is 35.5. The maximum Gasteiger partial charge on any atom is 0.306 e. The fourth-order valence-corrected chi connectivity index (χ4v) is 7.05. The highest BCUT2D eigenvalue weighted by Crippen LogP contribution is 2.12. The van der Waals surface area contributed by atoms with E-state index in [1.165, 1.54) is 44.9 Å². The van der Waals surface area contributed by atoms with Gasteiger partial charge in [0.25, 0.3) is 0 Å². The van der Waals surface area contributed by atoms with Gasteiger partial charge in [-0.25, -0.2) is 0 Å². The van der Waals surface area contributed by atoms with Crippen LogP contribution in [-0.4, -0.2) is 37.2 Å². The summed E-state index contributed by atoms with van der Waals surface area (Å²) in [6.45, 7) is 6.28. The van der Waals surface area contributed by atoms with Gasteiger partial charge in [0, 0.05) is 19.3 Å². The number of unbranched alkanes of at least 4 members (excludes halogenated alkanes) is 12. The first-order valence-electron chi connectivity index (χ1n) is 28.5. The lowest BCUT2D eigenvalue weighted by atomic mass is 10.1. The predicted octanol–water partition coefficient (Wildman–Crippen LogP) is 19.4. The number of hydrogen-bond acceptors (Lipinski definition) is 6. The molecule has 0 radical (unpaired) electrons. The molecule has 6 heteroatoms. The summed E-state index contributed by atoms with van der Waals surface area (Å²) >= 11 is 0. The second kappa shape index (κ2) is 58.6. The molecule has 402 valence electrons. The van der Waals surface area contributed by atoms with Gasteiger partial charge in [0.1, 0.15) is 13.2 Å². The molecule has 0 aromatic carbocycles. The number of ether oxygens (including phenoxy) is 3. The Kier molecular flexibility index (Phi) is 54.6. The minimum Gasteiger partial charge on any atom is -0.462 e. The van der Waals surface area contributed by atoms with Crippen LogP contribution in [0.3, 0.4) is 0 Å². The van der Waals surface area contributed by atoms with Crippen LogP contribution in [0, 0.1) is 0 Å². The predicted molar refractivity (Wildman–Crippen MR) is 311 cm³/mol. The molecular weight excluding hydrogens is 889 g/mol. The summed E-state index contributed by atoms with van der Waals surface area (Å²) in [7, 11) is 0. The monoisotopic (exact) mass is 991 g/mol. The lowest BCUT2D eigenvalue weighted by Gasteiger charge is -2.18. The Bertz CT molecular complexity index is 1660. The van der Waals surface area contributed by atoms with Crippen LogP contribution in [0.15, 0.2) is 158 Å². The summed E-state index contributed by atoms with van der Waals surface area (Å²) in [5, 5.41) is 0. The van der Waals surface area contributed by atoms with Gasteiger partial charge < -0.3 is 14.2 Å². The van der Waals surface area contributed by atoms with Crippen molar-refractivity contribution in [1.82, 2.24) is 0 Å². The van der Waals surface area contributed by atoms with Crippen molar-refractivity contribution in [2.75, 3.05) is 13.2 Å². The minimum atomic E-state index is -0.848. The van der Waals surface area contributed by atoms with E-state index in [1.807, 2.05) is 12.2 Å². The van der Waals surface area contributed by atoms with E-state index in [0.29, 0.717) is 19.3 Å². The van der Waals surface area contributed by atoms with E-state index in [1.54, 1.807) is 0 Å². The van der Waals surface area contributed by atoms with Crippen molar-refractivity contribution in [3.8, 4) is 0 Å². The SMILES string of the molecule is CC/C=C\C/C=C\C/C=C\C/C=C\C/C=C\C/C=C\CCCCC(=O)OCC(COC(=O)CCCCCCC/C=C\CCCCCCC)OC(=O)CC/C=C\C/C=C\C/C=C\C/C=C\C/C=C\C/C=C\CC. The summed E-state index contributed by atoms with van der Waals surface area (Å²) in [4.78, 5) is 38.1. The molecule has 0 bridgehead atoms. The van der Waals surface area contributed by atoms with E-state index >= 15 is 0 Å². The topological polar surface area (TPSA) is 78.9 Å². The zero-order chi connectivity index (χ0) is 52.2. The molecule has 1 unspecified atom stereocenters. The first-order valence-corrected chi connectivity index (χ1v) is 28.5. The molecule has 0 saturated heterocycles. The fourth-order valence-electron chi connectivity index (χ4n) is 7.05. The smallest absolute Gasteiger partial charge is 0.306 e. The number of esters is 3. The molecule has 1 atom stereocenters. The number of rotatable bonds is 49. The van der Waals surface area contributed by atoms with Crippen molar-refractivity contribution in [2.45, 2.75) is 226 Å². The lowest BCUT2D eigenvalue weighted by molar-refractivity contribution is -0.166. The number of hydrogen-bond donors (Lipinski definition) is 0. The third-order valence-electron chi connectivity index (χ3n) is 11.3. The lowest BCUT2D eigenvalue weighted by Crippen LogP contribution is -2.30. The van der Waals surface area contributed by atoms with E-state index in [2.05, 4.69) is 167 Å². The Hall–Kier alpha value is -4.97. The highest BCUT2D eigenvalue weighted by Gasteiger charge is 2.19. The molecule has 0 fully saturated rings. The molecule has 0 rings (SSSR count). The summed E-state index contributed by atoms with van der Waals surface area (Å²) in [6.07, 6.45) is 85.3. The van der Waals surface area contributed by atoms with Crippen molar-refractivity contribution in [2.24, 2.45) is 0 Å². The van der Waals surface area contributed by atoms with Crippen LogP contribution >= 0.6 is 0 Å². The van der Waals surface area contributed by atoms with E-state index in [0.717, 1.165) is 122 Å². The molecule has 0 aliphatic heterocycles. The van der Waals surface area contributed by atoms with Crippen molar-refractivity contribution < 1.29 is 28.6 Å². The van der Waals surface area contributed by atoms with Crippen LogP contribution in [0.2, 0.25) is 0 Å². The Balaban J connectivity index is 4.62. The van der Waals surface area contributed by atoms with Crippen molar-refractivity contribution in [3.05, 3.63) is 158 Å². The Morgan fingerprint density at radius 1 is 0.292 bits per heavy atom. The van der Waals surface area contributed by atoms with Crippen LogP contribution in [0.5, 0.6) is 0 Å². The second-order valence-corrected chi connectivity index (χ2v) is 18.1. The summed E-state index contributed by atoms with van der Waals surface area (Å²) < 4.78 is 16.7. The summed E-state index contributed by atoms with van der Waals surface area (Å²) in [6, 6.07) is 0. The van der Waals surface area contributed by atoms with E-state index in [4.69, 9.17) is 14.2 Å². The Morgan fingerprint density at radius 3 is 0.944 bits per heavy atom. The van der Waals surface area contributed by atoms with Gasteiger partial charge in [-0.15, -0.1) is 0 Å². The maximum absolute atomic E-state index is 12.8. The number of allylic oxidation sites excluding steroid dienone is 26. The molecule has 0 aromatic rings. The second-order valence-electron chi connectivity index (χ2n) is 18.1. The standard InChI is InChI=1S/C66H102O6/c1-4-7-10-13-16-19-22-25-28-30-32-33-35-36-38-41-44-47-50-53-56-59-65(68)71-62-63(61-70-64(67)58-55-52-49-46-43-40-27-24-21-18-15-12-9-6-3)72-66(69)60-57-54-51-48-45-42-39-37-34-31-29-26-23-20-17-14-11-8-5-2/h7-8,10-11,16-17,19-20,24-29,32-34,36-38,42,44-45,47,51,54,63H,4-6,9,12-15,18,21-23,30-31,35,39-41,43,46,48-50,52-53,55-62H2,1-3H3/b10-7-,11-8-,19-16-,20-17-,27-24-,28-25-,29-26-,33-32-,37-34-,38-36-,45-42-,47-44-,54-51-. The van der Waals surface area contributed by atoms with Gasteiger partial charge in [-0.05, 0) is 135 Å².